The van der Waals surface area contributed by atoms with Crippen molar-refractivity contribution in [3.8, 4) is 0 Å². The minimum Gasteiger partial charge on any atom is -0.316 e. The van der Waals surface area contributed by atoms with Gasteiger partial charge in [0.2, 0.25) is 0 Å². The van der Waals surface area contributed by atoms with Gasteiger partial charge in [-0.1, -0.05) is 34.1 Å². The van der Waals surface area contributed by atoms with E-state index < -0.39 is 0 Å². The summed E-state index contributed by atoms with van der Waals surface area (Å²) in [6, 6.07) is 0. The van der Waals surface area contributed by atoms with Crippen molar-refractivity contribution < 1.29 is 0 Å². The molecular weight excluding hydrogens is 122 g/mol. The van der Waals surface area contributed by atoms with Crippen LogP contribution in [0.15, 0.2) is 0 Å². The van der Waals surface area contributed by atoms with Gasteiger partial charge in [-0.05, 0) is 24.9 Å². The molecule has 0 spiro atoms. The van der Waals surface area contributed by atoms with Crippen LogP contribution in [0, 0.1) is 11.8 Å². The van der Waals surface area contributed by atoms with Crippen LogP contribution in [0.25, 0.3) is 0 Å². The monoisotopic (exact) mass is 143 g/mol. The van der Waals surface area contributed by atoms with E-state index in [9.17, 15) is 0 Å². The van der Waals surface area contributed by atoms with Crippen molar-refractivity contribution >= 4 is 0 Å². The summed E-state index contributed by atoms with van der Waals surface area (Å²) in [5, 5.41) is 3.32. The summed E-state index contributed by atoms with van der Waals surface area (Å²) in [5.41, 5.74) is 0. The fraction of sp³-hybridized carbons (Fsp3) is 1.00. The van der Waals surface area contributed by atoms with Gasteiger partial charge in [-0.15, -0.1) is 0 Å². The molecule has 0 saturated carbocycles. The smallest absolute Gasteiger partial charge is 0.00200 e. The zero-order chi connectivity index (χ0) is 7.98. The molecule has 1 rings (SSSR count). The third kappa shape index (κ3) is 3.89. The van der Waals surface area contributed by atoms with E-state index in [2.05, 4.69) is 33.0 Å². The minimum atomic E-state index is 0.903. The molecule has 0 aliphatic carbocycles. The molecule has 2 atom stereocenters. The van der Waals surface area contributed by atoms with E-state index in [-0.39, 0.29) is 0 Å². The topological polar surface area (TPSA) is 12.0 Å². The van der Waals surface area contributed by atoms with Crippen LogP contribution >= 0.6 is 0 Å². The van der Waals surface area contributed by atoms with E-state index in [0.29, 0.717) is 0 Å². The van der Waals surface area contributed by atoms with Gasteiger partial charge in [0.1, 0.15) is 0 Å². The molecule has 0 unspecified atom stereocenters. The number of hydrogen-bond acceptors (Lipinski definition) is 1. The fourth-order valence-electron chi connectivity index (χ4n) is 0.941. The lowest BCUT2D eigenvalue weighted by Gasteiger charge is -2.03. The fourth-order valence-corrected chi connectivity index (χ4v) is 0.941. The highest BCUT2D eigenvalue weighted by atomic mass is 14.9. The first-order valence-electron chi connectivity index (χ1n) is 4.43. The Morgan fingerprint density at radius 1 is 1.10 bits per heavy atom. The van der Waals surface area contributed by atoms with Gasteiger partial charge in [-0.25, -0.2) is 0 Å². The Labute approximate surface area is 65.2 Å². The molecule has 0 aromatic heterocycles. The van der Waals surface area contributed by atoms with Crippen LogP contribution in [0.3, 0.4) is 0 Å². The van der Waals surface area contributed by atoms with Crippen molar-refractivity contribution in [3.05, 3.63) is 0 Å². The Bertz CT molecular complexity index is 63.1. The van der Waals surface area contributed by atoms with Crippen molar-refractivity contribution in [2.24, 2.45) is 11.8 Å². The standard InChI is InChI=1S/C6H13N.C3H8/c1-5-3-7-4-6(5)2;1-3-2/h5-7H,3-4H2,1-2H3;3H2,1-2H3/t5-,6+;. The lowest BCUT2D eigenvalue weighted by Crippen LogP contribution is -2.06. The molecule has 0 aromatic rings. The Kier molecular flexibility index (Phi) is 5.70. The molecule has 0 radical (unpaired) electrons. The highest BCUT2D eigenvalue weighted by Crippen LogP contribution is 2.13. The van der Waals surface area contributed by atoms with Crippen molar-refractivity contribution in [2.45, 2.75) is 34.1 Å². The summed E-state index contributed by atoms with van der Waals surface area (Å²) in [4.78, 5) is 0. The van der Waals surface area contributed by atoms with Crippen LogP contribution in [0.4, 0.5) is 0 Å². The molecule has 0 bridgehead atoms. The van der Waals surface area contributed by atoms with Gasteiger partial charge in [0, 0.05) is 0 Å². The maximum Gasteiger partial charge on any atom is -0.00200 e. The van der Waals surface area contributed by atoms with Gasteiger partial charge in [0.15, 0.2) is 0 Å². The zero-order valence-corrected chi connectivity index (χ0v) is 7.78. The van der Waals surface area contributed by atoms with E-state index in [0.717, 1.165) is 11.8 Å². The molecule has 1 aliphatic heterocycles. The Morgan fingerprint density at radius 3 is 1.50 bits per heavy atom. The zero-order valence-electron chi connectivity index (χ0n) is 7.78. The van der Waals surface area contributed by atoms with Crippen molar-refractivity contribution in [1.29, 1.82) is 0 Å². The maximum absolute atomic E-state index is 3.32. The first-order chi connectivity index (χ1) is 4.72. The van der Waals surface area contributed by atoms with Gasteiger partial charge in [0.25, 0.3) is 0 Å². The lowest BCUT2D eigenvalue weighted by molar-refractivity contribution is 0.494. The Hall–Kier alpha value is -0.0400. The summed E-state index contributed by atoms with van der Waals surface area (Å²) >= 11 is 0. The predicted molar refractivity (Wildman–Crippen MR) is 47.2 cm³/mol. The van der Waals surface area contributed by atoms with Crippen molar-refractivity contribution in [3.63, 3.8) is 0 Å². The van der Waals surface area contributed by atoms with Gasteiger partial charge in [0.05, 0.1) is 0 Å². The van der Waals surface area contributed by atoms with Crippen LogP contribution in [0.1, 0.15) is 34.1 Å². The first kappa shape index (κ1) is 9.96. The van der Waals surface area contributed by atoms with Crippen LogP contribution < -0.4 is 5.32 Å². The predicted octanol–water partition coefficient (Wildman–Crippen LogP) is 2.28. The molecule has 62 valence electrons. The first-order valence-corrected chi connectivity index (χ1v) is 4.43. The van der Waals surface area contributed by atoms with Crippen molar-refractivity contribution in [2.75, 3.05) is 13.1 Å². The number of nitrogens with one attached hydrogen (secondary N) is 1. The average molecular weight is 143 g/mol. The third-order valence-corrected chi connectivity index (χ3v) is 1.90. The summed E-state index contributed by atoms with van der Waals surface area (Å²) in [5.74, 6) is 1.81. The van der Waals surface area contributed by atoms with Crippen molar-refractivity contribution in [1.82, 2.24) is 5.32 Å². The van der Waals surface area contributed by atoms with E-state index in [1.54, 1.807) is 0 Å². The molecule has 0 amide bonds. The maximum atomic E-state index is 3.32. The van der Waals surface area contributed by atoms with Gasteiger partial charge >= 0.3 is 0 Å². The van der Waals surface area contributed by atoms with Crippen LogP contribution in [0.2, 0.25) is 0 Å². The molecule has 1 aliphatic rings. The summed E-state index contributed by atoms with van der Waals surface area (Å²) in [7, 11) is 0. The average Bonchev–Trinajstić information content (AvgIpc) is 2.19. The lowest BCUT2D eigenvalue weighted by atomic mass is 10.0. The second-order valence-corrected chi connectivity index (χ2v) is 3.32. The molecule has 0 aromatic carbocycles. The molecular formula is C9H21N. The van der Waals surface area contributed by atoms with Gasteiger partial charge in [-0.2, -0.15) is 0 Å². The van der Waals surface area contributed by atoms with Crippen LogP contribution in [-0.2, 0) is 0 Å². The van der Waals surface area contributed by atoms with Crippen LogP contribution in [0.5, 0.6) is 0 Å². The van der Waals surface area contributed by atoms with Gasteiger partial charge in [-0.3, -0.25) is 0 Å². The molecule has 1 nitrogen and oxygen atoms in total. The minimum absolute atomic E-state index is 0.903. The second-order valence-electron chi connectivity index (χ2n) is 3.32. The molecule has 10 heavy (non-hydrogen) atoms. The highest BCUT2D eigenvalue weighted by Gasteiger charge is 2.16. The third-order valence-electron chi connectivity index (χ3n) is 1.90. The number of rotatable bonds is 0. The molecule has 1 heterocycles. The SMILES string of the molecule is CCC.C[C@@H]1CNC[C@@H]1C. The molecule has 1 saturated heterocycles. The Balaban J connectivity index is 0.000000236. The highest BCUT2D eigenvalue weighted by molar-refractivity contribution is 4.73. The van der Waals surface area contributed by atoms with Gasteiger partial charge < -0.3 is 5.32 Å². The molecule has 1 heteroatoms. The van der Waals surface area contributed by atoms with E-state index in [1.807, 2.05) is 0 Å². The second kappa shape index (κ2) is 5.72. The van der Waals surface area contributed by atoms with E-state index in [4.69, 9.17) is 0 Å². The summed E-state index contributed by atoms with van der Waals surface area (Å²) in [6.07, 6.45) is 1.25. The molecule has 1 fully saturated rings. The summed E-state index contributed by atoms with van der Waals surface area (Å²) < 4.78 is 0. The Morgan fingerprint density at radius 2 is 1.40 bits per heavy atom. The van der Waals surface area contributed by atoms with E-state index in [1.165, 1.54) is 19.5 Å². The normalized spacial score (nSPS) is 31.2. The molecule has 1 N–H and O–H groups in total. The number of hydrogen-bond donors (Lipinski definition) is 1. The van der Waals surface area contributed by atoms with Crippen LogP contribution in [-0.4, -0.2) is 13.1 Å². The summed E-state index contributed by atoms with van der Waals surface area (Å²) in [6.45, 7) is 11.3. The largest absolute Gasteiger partial charge is 0.316 e. The van der Waals surface area contributed by atoms with E-state index >= 15 is 0 Å². The quantitative estimate of drug-likeness (QED) is 0.548.